The van der Waals surface area contributed by atoms with Crippen LogP contribution in [0.4, 0.5) is 0 Å². The third kappa shape index (κ3) is 3.68. The molecule has 0 bridgehead atoms. The first-order chi connectivity index (χ1) is 12.4. The molecule has 3 rings (SSSR count). The van der Waals surface area contributed by atoms with Crippen molar-refractivity contribution >= 4 is 32.9 Å². The molecule has 0 aliphatic heterocycles. The van der Waals surface area contributed by atoms with E-state index in [0.29, 0.717) is 11.3 Å². The number of rotatable bonds is 5. The average molecular weight is 367 g/mol. The third-order valence-corrected chi connectivity index (χ3v) is 5.62. The second-order valence-corrected chi connectivity index (χ2v) is 7.94. The van der Waals surface area contributed by atoms with E-state index in [0.717, 1.165) is 15.3 Å². The Morgan fingerprint density at radius 3 is 2.31 bits per heavy atom. The average Bonchev–Trinajstić information content (AvgIpc) is 2.66. The minimum Gasteiger partial charge on any atom is -0.289 e. The summed E-state index contributed by atoms with van der Waals surface area (Å²) in [5.74, 6) is -0.242. The van der Waals surface area contributed by atoms with Gasteiger partial charge >= 0.3 is 0 Å². The predicted molar refractivity (Wildman–Crippen MR) is 100 cm³/mol. The highest BCUT2D eigenvalue weighted by molar-refractivity contribution is 7.89. The summed E-state index contributed by atoms with van der Waals surface area (Å²) < 4.78 is 25.2. The number of ketones is 1. The lowest BCUT2D eigenvalue weighted by molar-refractivity contribution is 0.104. The summed E-state index contributed by atoms with van der Waals surface area (Å²) in [6.07, 6.45) is 4.58. The van der Waals surface area contributed by atoms with Gasteiger partial charge < -0.3 is 0 Å². The van der Waals surface area contributed by atoms with Gasteiger partial charge in [0.05, 0.1) is 27.8 Å². The Hall–Kier alpha value is -2.90. The quantitative estimate of drug-likeness (QED) is 0.512. The zero-order valence-electron chi connectivity index (χ0n) is 14.3. The van der Waals surface area contributed by atoms with E-state index < -0.39 is 10.0 Å². The number of para-hydroxylation sites is 2. The van der Waals surface area contributed by atoms with Crippen LogP contribution in [0.15, 0.2) is 65.7 Å². The topological polar surface area (TPSA) is 80.2 Å². The van der Waals surface area contributed by atoms with Gasteiger partial charge in [-0.3, -0.25) is 9.78 Å². The summed E-state index contributed by atoms with van der Waals surface area (Å²) in [6, 6.07) is 13.3. The molecular weight excluding hydrogens is 350 g/mol. The number of carbonyl (C=O) groups is 1. The molecule has 1 aromatic heterocycles. The lowest BCUT2D eigenvalue weighted by Crippen LogP contribution is -2.22. The van der Waals surface area contributed by atoms with E-state index in [2.05, 4.69) is 9.97 Å². The molecule has 7 heteroatoms. The standard InChI is InChI=1S/C19H17N3O3S/c1-22(2)26(24,25)16-10-7-14(8-11-16)19(23)12-9-15-13-20-17-5-3-4-6-18(17)21-15/h3-13H,1-2H3/b12-9+. The van der Waals surface area contributed by atoms with Gasteiger partial charge in [0, 0.05) is 19.7 Å². The first-order valence-corrected chi connectivity index (χ1v) is 9.29. The number of sulfonamides is 1. The molecule has 3 aromatic rings. The van der Waals surface area contributed by atoms with E-state index in [4.69, 9.17) is 0 Å². The molecule has 0 N–H and O–H groups in total. The molecule has 0 saturated carbocycles. The molecule has 0 fully saturated rings. The monoisotopic (exact) mass is 367 g/mol. The molecule has 132 valence electrons. The maximum atomic E-state index is 12.3. The van der Waals surface area contributed by atoms with Crippen molar-refractivity contribution in [3.63, 3.8) is 0 Å². The van der Waals surface area contributed by atoms with Gasteiger partial charge in [-0.25, -0.2) is 17.7 Å². The van der Waals surface area contributed by atoms with Crippen molar-refractivity contribution in [2.75, 3.05) is 14.1 Å². The summed E-state index contributed by atoms with van der Waals surface area (Å²) >= 11 is 0. The molecule has 0 saturated heterocycles. The first kappa shape index (κ1) is 17.9. The molecule has 0 aliphatic carbocycles. The number of carbonyl (C=O) groups excluding carboxylic acids is 1. The van der Waals surface area contributed by atoms with E-state index >= 15 is 0 Å². The number of hydrogen-bond donors (Lipinski definition) is 0. The lowest BCUT2D eigenvalue weighted by atomic mass is 10.1. The fourth-order valence-corrected chi connectivity index (χ4v) is 3.21. The number of fused-ring (bicyclic) bond motifs is 1. The van der Waals surface area contributed by atoms with E-state index in [-0.39, 0.29) is 10.7 Å². The van der Waals surface area contributed by atoms with Crippen molar-refractivity contribution in [1.82, 2.24) is 14.3 Å². The van der Waals surface area contributed by atoms with Gasteiger partial charge in [-0.15, -0.1) is 0 Å². The SMILES string of the molecule is CN(C)S(=O)(=O)c1ccc(C(=O)/C=C/c2cnc3ccccc3n2)cc1. The van der Waals surface area contributed by atoms with Crippen LogP contribution in [0.2, 0.25) is 0 Å². The van der Waals surface area contributed by atoms with Crippen LogP contribution >= 0.6 is 0 Å². The zero-order valence-corrected chi connectivity index (χ0v) is 15.1. The van der Waals surface area contributed by atoms with Crippen molar-refractivity contribution in [3.05, 3.63) is 72.1 Å². The van der Waals surface area contributed by atoms with Gasteiger partial charge in [0.15, 0.2) is 5.78 Å². The van der Waals surface area contributed by atoms with Gasteiger partial charge in [0.25, 0.3) is 0 Å². The van der Waals surface area contributed by atoms with Gasteiger partial charge in [-0.2, -0.15) is 0 Å². The van der Waals surface area contributed by atoms with Crippen LogP contribution in [-0.4, -0.2) is 42.6 Å². The Morgan fingerprint density at radius 1 is 1.00 bits per heavy atom. The van der Waals surface area contributed by atoms with Gasteiger partial charge in [-0.1, -0.05) is 12.1 Å². The van der Waals surface area contributed by atoms with Crippen LogP contribution in [0.3, 0.4) is 0 Å². The van der Waals surface area contributed by atoms with Gasteiger partial charge in [-0.05, 0) is 48.6 Å². The zero-order chi connectivity index (χ0) is 18.7. The highest BCUT2D eigenvalue weighted by Crippen LogP contribution is 2.15. The van der Waals surface area contributed by atoms with E-state index in [1.54, 1.807) is 12.3 Å². The maximum absolute atomic E-state index is 12.3. The minimum atomic E-state index is -3.51. The smallest absolute Gasteiger partial charge is 0.242 e. The summed E-state index contributed by atoms with van der Waals surface area (Å²) in [7, 11) is -0.590. The fourth-order valence-electron chi connectivity index (χ4n) is 2.31. The Kier molecular flexibility index (Phi) is 4.92. The van der Waals surface area contributed by atoms with Crippen LogP contribution in [-0.2, 0) is 10.0 Å². The van der Waals surface area contributed by atoms with Gasteiger partial charge in [0.2, 0.25) is 10.0 Å². The summed E-state index contributed by atoms with van der Waals surface area (Å²) in [5, 5.41) is 0. The molecule has 0 amide bonds. The van der Waals surface area contributed by atoms with Crippen LogP contribution in [0.1, 0.15) is 16.1 Å². The summed E-state index contributed by atoms with van der Waals surface area (Å²) in [6.45, 7) is 0. The van der Waals surface area contributed by atoms with E-state index in [9.17, 15) is 13.2 Å². The number of allylic oxidation sites excluding steroid dienone is 1. The second-order valence-electron chi connectivity index (χ2n) is 5.79. The second kappa shape index (κ2) is 7.15. The Labute approximate surface area is 151 Å². The molecule has 0 spiro atoms. The Morgan fingerprint density at radius 2 is 1.65 bits per heavy atom. The number of hydrogen-bond acceptors (Lipinski definition) is 5. The molecule has 0 atom stereocenters. The third-order valence-electron chi connectivity index (χ3n) is 3.79. The van der Waals surface area contributed by atoms with Gasteiger partial charge in [0.1, 0.15) is 0 Å². The minimum absolute atomic E-state index is 0.142. The molecule has 26 heavy (non-hydrogen) atoms. The molecule has 6 nitrogen and oxygen atoms in total. The van der Waals surface area contributed by atoms with Crippen molar-refractivity contribution in [3.8, 4) is 0 Å². The molecule has 0 radical (unpaired) electrons. The molecule has 0 aliphatic rings. The lowest BCUT2D eigenvalue weighted by Gasteiger charge is -2.11. The van der Waals surface area contributed by atoms with E-state index in [1.807, 2.05) is 24.3 Å². The molecule has 0 unspecified atom stereocenters. The van der Waals surface area contributed by atoms with Crippen LogP contribution < -0.4 is 0 Å². The molecule has 2 aromatic carbocycles. The number of benzene rings is 2. The fraction of sp³-hybridized carbons (Fsp3) is 0.105. The van der Waals surface area contributed by atoms with Crippen molar-refractivity contribution in [1.29, 1.82) is 0 Å². The maximum Gasteiger partial charge on any atom is 0.242 e. The van der Waals surface area contributed by atoms with Crippen molar-refractivity contribution in [2.24, 2.45) is 0 Å². The van der Waals surface area contributed by atoms with Crippen LogP contribution in [0, 0.1) is 0 Å². The van der Waals surface area contributed by atoms with Crippen molar-refractivity contribution in [2.45, 2.75) is 4.90 Å². The molecule has 1 heterocycles. The largest absolute Gasteiger partial charge is 0.289 e. The van der Waals surface area contributed by atoms with Crippen molar-refractivity contribution < 1.29 is 13.2 Å². The van der Waals surface area contributed by atoms with Crippen LogP contribution in [0.25, 0.3) is 17.1 Å². The van der Waals surface area contributed by atoms with E-state index in [1.165, 1.54) is 44.4 Å². The highest BCUT2D eigenvalue weighted by atomic mass is 32.2. The number of nitrogens with zero attached hydrogens (tertiary/aromatic N) is 3. The Bertz CT molecular complexity index is 1090. The summed E-state index contributed by atoms with van der Waals surface area (Å²) in [4.78, 5) is 21.1. The molecular formula is C19H17N3O3S. The first-order valence-electron chi connectivity index (χ1n) is 7.85. The Balaban J connectivity index is 1.79. The normalized spacial score (nSPS) is 12.1. The predicted octanol–water partition coefficient (Wildman–Crippen LogP) is 2.78. The summed E-state index contributed by atoms with van der Waals surface area (Å²) in [5.41, 5.74) is 2.51. The number of aromatic nitrogens is 2. The van der Waals surface area contributed by atoms with Crippen LogP contribution in [0.5, 0.6) is 0 Å². The highest BCUT2D eigenvalue weighted by Gasteiger charge is 2.17.